The number of aliphatic hydroxyl groups is 4. The number of esters is 1. The summed E-state index contributed by atoms with van der Waals surface area (Å²) < 4.78 is 23.5. The molecule has 1 aliphatic heterocycles. The van der Waals surface area contributed by atoms with Crippen molar-refractivity contribution in [2.45, 2.75) is 102 Å². The second kappa shape index (κ2) is 19.7. The van der Waals surface area contributed by atoms with Crippen LogP contribution in [0.5, 0.6) is 5.75 Å². The highest BCUT2D eigenvalue weighted by Gasteiger charge is 2.50. The second-order valence-corrected chi connectivity index (χ2v) is 14.3. The van der Waals surface area contributed by atoms with E-state index in [1.807, 2.05) is 6.07 Å². The van der Waals surface area contributed by atoms with Crippen LogP contribution < -0.4 is 31.9 Å². The van der Waals surface area contributed by atoms with Crippen LogP contribution in [-0.4, -0.2) is 116 Å². The Balaban J connectivity index is 1.39. The van der Waals surface area contributed by atoms with Gasteiger partial charge in [0.25, 0.3) is 5.56 Å². The van der Waals surface area contributed by atoms with Crippen molar-refractivity contribution in [1.29, 1.82) is 0 Å². The lowest BCUT2D eigenvalue weighted by Crippen LogP contribution is -2.56. The number of carbonyl (C=O) groups is 3. The van der Waals surface area contributed by atoms with Crippen LogP contribution in [0.2, 0.25) is 0 Å². The lowest BCUT2D eigenvalue weighted by molar-refractivity contribution is -0.166. The van der Waals surface area contributed by atoms with Crippen molar-refractivity contribution >= 4 is 18.0 Å². The third-order valence-corrected chi connectivity index (χ3v) is 8.75. The van der Waals surface area contributed by atoms with Crippen molar-refractivity contribution in [2.24, 2.45) is 0 Å². The Bertz CT molecular complexity index is 1880. The summed E-state index contributed by atoms with van der Waals surface area (Å²) in [6.07, 6.45) is -9.46. The molecule has 0 spiro atoms. The number of aliphatic hydroxyl groups excluding tert-OH is 4. The van der Waals surface area contributed by atoms with E-state index in [-0.39, 0.29) is 32.7 Å². The first-order valence-corrected chi connectivity index (χ1v) is 18.0. The summed E-state index contributed by atoms with van der Waals surface area (Å²) in [6.45, 7) is 6.00. The number of nitrogens with zero attached hydrogens (tertiary/aromatic N) is 2. The van der Waals surface area contributed by atoms with Gasteiger partial charge in [0, 0.05) is 18.8 Å². The first-order chi connectivity index (χ1) is 26.5. The monoisotopic (exact) mass is 785 g/mol. The van der Waals surface area contributed by atoms with Crippen molar-refractivity contribution < 1.29 is 53.8 Å². The Hall–Kier alpha value is -5.11. The minimum absolute atomic E-state index is 0.00226. The molecule has 56 heavy (non-hydrogen) atoms. The molecule has 0 radical (unpaired) electrons. The molecule has 0 aliphatic carbocycles. The maximum absolute atomic E-state index is 13.5. The molecule has 7 N–H and O–H groups in total. The van der Waals surface area contributed by atoms with E-state index in [0.717, 1.165) is 27.0 Å². The van der Waals surface area contributed by atoms with E-state index >= 15 is 0 Å². The van der Waals surface area contributed by atoms with Crippen LogP contribution in [-0.2, 0) is 37.0 Å². The fourth-order valence-corrected chi connectivity index (χ4v) is 5.84. The predicted octanol–water partition coefficient (Wildman–Crippen LogP) is -0.471. The van der Waals surface area contributed by atoms with E-state index in [9.17, 15) is 44.4 Å². The Morgan fingerprint density at radius 2 is 1.59 bits per heavy atom. The van der Waals surface area contributed by atoms with E-state index in [0.29, 0.717) is 11.3 Å². The van der Waals surface area contributed by atoms with Crippen LogP contribution in [0.25, 0.3) is 0 Å². The Morgan fingerprint density at radius 1 is 0.911 bits per heavy atom. The normalized spacial score (nSPS) is 20.3. The summed E-state index contributed by atoms with van der Waals surface area (Å²) in [6, 6.07) is 13.8. The molecule has 306 valence electrons. The van der Waals surface area contributed by atoms with Crippen LogP contribution in [0.1, 0.15) is 51.5 Å². The third-order valence-electron chi connectivity index (χ3n) is 8.75. The molecule has 2 heterocycles. The Labute approximate surface area is 323 Å². The number of benzene rings is 2. The standard InChI is InChI=1S/C38H51N5O13/c1-22(44)27(41-36(51)54-21-24-10-7-6-8-11-24)33(49)40-18-9-17-39-28(35(50)56-38(2,3)4)29(46)32-30(47)31(48)34(55-32)42-19-16-26(45)43(37(42)52)20-23-12-14-25(53-5)15-13-23/h6-8,10-16,19,22,27-32,34,39,44,46-48H,9,17-18,20-21H2,1-5H3,(H,40,49)(H,41,51)/t22-,27-,28-,29?,30-,31+,32+,34+/m0/s1. The molecular formula is C38H51N5O13. The molecular weight excluding hydrogens is 734 g/mol. The average molecular weight is 786 g/mol. The van der Waals surface area contributed by atoms with Gasteiger partial charge in [0.2, 0.25) is 5.91 Å². The van der Waals surface area contributed by atoms with Crippen LogP contribution in [0.3, 0.4) is 0 Å². The fraction of sp³-hybridized carbons (Fsp3) is 0.500. The molecule has 2 aromatic carbocycles. The van der Waals surface area contributed by atoms with E-state index < -0.39 is 83.7 Å². The van der Waals surface area contributed by atoms with Crippen molar-refractivity contribution in [1.82, 2.24) is 25.1 Å². The number of nitrogens with one attached hydrogen (secondary N) is 3. The number of aromatic nitrogens is 2. The van der Waals surface area contributed by atoms with Gasteiger partial charge in [0.05, 0.1) is 19.8 Å². The van der Waals surface area contributed by atoms with Gasteiger partial charge in [0.1, 0.15) is 54.5 Å². The summed E-state index contributed by atoms with van der Waals surface area (Å²) in [5.41, 5.74) is -1.14. The molecule has 3 aromatic rings. The molecule has 1 saturated heterocycles. The van der Waals surface area contributed by atoms with E-state index in [1.54, 1.807) is 69.3 Å². The minimum atomic E-state index is -1.83. The van der Waals surface area contributed by atoms with Gasteiger partial charge in [-0.3, -0.25) is 23.5 Å². The highest BCUT2D eigenvalue weighted by molar-refractivity contribution is 5.86. The van der Waals surface area contributed by atoms with Gasteiger partial charge >= 0.3 is 17.8 Å². The number of ether oxygens (including phenoxy) is 4. The Kier molecular flexibility index (Phi) is 15.3. The number of hydrogen-bond acceptors (Lipinski definition) is 14. The van der Waals surface area contributed by atoms with Crippen molar-refractivity contribution in [3.63, 3.8) is 0 Å². The molecule has 1 fully saturated rings. The molecule has 18 nitrogen and oxygen atoms in total. The molecule has 1 aliphatic rings. The highest BCUT2D eigenvalue weighted by atomic mass is 16.6. The second-order valence-electron chi connectivity index (χ2n) is 14.3. The number of methoxy groups -OCH3 is 1. The van der Waals surface area contributed by atoms with Gasteiger partial charge in [-0.1, -0.05) is 42.5 Å². The van der Waals surface area contributed by atoms with Gasteiger partial charge < -0.3 is 55.3 Å². The van der Waals surface area contributed by atoms with Gasteiger partial charge in [0.15, 0.2) is 6.23 Å². The number of alkyl carbamates (subject to hydrolysis) is 1. The maximum atomic E-state index is 13.5. The fourth-order valence-electron chi connectivity index (χ4n) is 5.84. The molecule has 0 bridgehead atoms. The van der Waals surface area contributed by atoms with Gasteiger partial charge in [-0.05, 0) is 63.9 Å². The van der Waals surface area contributed by atoms with Crippen molar-refractivity contribution in [3.8, 4) is 5.75 Å². The quantitative estimate of drug-likeness (QED) is 0.0676. The van der Waals surface area contributed by atoms with Crippen LogP contribution in [0, 0.1) is 0 Å². The summed E-state index contributed by atoms with van der Waals surface area (Å²) >= 11 is 0. The zero-order chi connectivity index (χ0) is 41.2. The molecule has 8 atom stereocenters. The number of hydrogen-bond donors (Lipinski definition) is 7. The van der Waals surface area contributed by atoms with Crippen molar-refractivity contribution in [3.05, 3.63) is 98.8 Å². The van der Waals surface area contributed by atoms with Gasteiger partial charge in [-0.15, -0.1) is 0 Å². The summed E-state index contributed by atoms with van der Waals surface area (Å²) in [4.78, 5) is 64.7. The van der Waals surface area contributed by atoms with E-state index in [4.69, 9.17) is 18.9 Å². The molecule has 1 unspecified atom stereocenters. The van der Waals surface area contributed by atoms with Crippen LogP contribution in [0.4, 0.5) is 4.79 Å². The summed E-state index contributed by atoms with van der Waals surface area (Å²) in [5, 5.41) is 51.4. The number of amides is 2. The highest BCUT2D eigenvalue weighted by Crippen LogP contribution is 2.31. The maximum Gasteiger partial charge on any atom is 0.408 e. The van der Waals surface area contributed by atoms with E-state index in [1.165, 1.54) is 14.0 Å². The number of rotatable bonds is 17. The van der Waals surface area contributed by atoms with Crippen molar-refractivity contribution in [2.75, 3.05) is 20.2 Å². The van der Waals surface area contributed by atoms with Crippen LogP contribution in [0.15, 0.2) is 76.4 Å². The van der Waals surface area contributed by atoms with Crippen LogP contribution >= 0.6 is 0 Å². The topological polar surface area (TPSA) is 249 Å². The smallest absolute Gasteiger partial charge is 0.408 e. The molecule has 1 aromatic heterocycles. The molecule has 2 amide bonds. The first-order valence-electron chi connectivity index (χ1n) is 18.0. The van der Waals surface area contributed by atoms with Gasteiger partial charge in [-0.2, -0.15) is 0 Å². The first kappa shape index (κ1) is 43.6. The lowest BCUT2D eigenvalue weighted by atomic mass is 9.99. The summed E-state index contributed by atoms with van der Waals surface area (Å²) in [7, 11) is 1.50. The lowest BCUT2D eigenvalue weighted by Gasteiger charge is -2.31. The molecule has 18 heteroatoms. The Morgan fingerprint density at radius 3 is 2.21 bits per heavy atom. The minimum Gasteiger partial charge on any atom is -0.497 e. The largest absolute Gasteiger partial charge is 0.497 e. The third kappa shape index (κ3) is 11.7. The molecule has 4 rings (SSSR count). The SMILES string of the molecule is COc1ccc(Cn2c(=O)ccn([C@@H]3O[C@H](C(O)[C@H](NCCCNC(=O)[C@@H](NC(=O)OCc4ccccc4)[C@H](C)O)C(=O)OC(C)(C)C)[C@@H](O)[C@H]3O)c2=O)cc1. The zero-order valence-electron chi connectivity index (χ0n) is 31.9. The predicted molar refractivity (Wildman–Crippen MR) is 199 cm³/mol. The molecule has 0 saturated carbocycles. The average Bonchev–Trinajstić information content (AvgIpc) is 3.45. The number of carbonyl (C=O) groups excluding carboxylic acids is 3. The summed E-state index contributed by atoms with van der Waals surface area (Å²) in [5.74, 6) is -1.04. The van der Waals surface area contributed by atoms with E-state index in [2.05, 4.69) is 16.0 Å². The van der Waals surface area contributed by atoms with Gasteiger partial charge in [-0.25, -0.2) is 9.59 Å². The zero-order valence-corrected chi connectivity index (χ0v) is 31.9.